The van der Waals surface area contributed by atoms with Crippen molar-refractivity contribution < 1.29 is 23.1 Å². The number of carboxylic acids is 1. The van der Waals surface area contributed by atoms with Gasteiger partial charge in [0.2, 0.25) is 0 Å². The number of hydrogen-bond acceptors (Lipinski definition) is 2. The second-order valence-corrected chi connectivity index (χ2v) is 4.54. The summed E-state index contributed by atoms with van der Waals surface area (Å²) in [6.45, 7) is 0. The van der Waals surface area contributed by atoms with Crippen LogP contribution < -0.4 is 0 Å². The van der Waals surface area contributed by atoms with Crippen LogP contribution in [0.4, 0.5) is 13.2 Å². The van der Waals surface area contributed by atoms with Gasteiger partial charge in [0.05, 0.1) is 5.92 Å². The summed E-state index contributed by atoms with van der Waals surface area (Å²) in [7, 11) is 0. The summed E-state index contributed by atoms with van der Waals surface area (Å²) in [5.41, 5.74) is 0. The highest BCUT2D eigenvalue weighted by molar-refractivity contribution is 7.99. The molecule has 1 N–H and O–H groups in total. The summed E-state index contributed by atoms with van der Waals surface area (Å²) in [4.78, 5) is 10.7. The molecule has 0 aromatic carbocycles. The third kappa shape index (κ3) is 3.40. The fourth-order valence-electron chi connectivity index (χ4n) is 1.62. The topological polar surface area (TPSA) is 37.3 Å². The lowest BCUT2D eigenvalue weighted by Gasteiger charge is -2.28. The van der Waals surface area contributed by atoms with E-state index in [9.17, 15) is 18.0 Å². The molecular formula is C8H11F3O2S. The van der Waals surface area contributed by atoms with Crippen LogP contribution >= 0.6 is 11.8 Å². The Morgan fingerprint density at radius 1 is 1.50 bits per heavy atom. The maximum Gasteiger partial charge on any atom is 0.389 e. The predicted octanol–water partition coefficient (Wildman–Crippen LogP) is 2.39. The Hall–Kier alpha value is -0.390. The van der Waals surface area contributed by atoms with Crippen molar-refractivity contribution in [1.82, 2.24) is 0 Å². The summed E-state index contributed by atoms with van der Waals surface area (Å²) in [5.74, 6) is -1.73. The molecule has 1 fully saturated rings. The summed E-state index contributed by atoms with van der Waals surface area (Å²) in [6.07, 6.45) is -4.88. The van der Waals surface area contributed by atoms with E-state index in [-0.39, 0.29) is 0 Å². The first-order valence-electron chi connectivity index (χ1n) is 4.27. The van der Waals surface area contributed by atoms with Crippen LogP contribution in [0.3, 0.4) is 0 Å². The molecule has 0 saturated carbocycles. The largest absolute Gasteiger partial charge is 0.481 e. The van der Waals surface area contributed by atoms with Crippen LogP contribution in [0.25, 0.3) is 0 Å². The first kappa shape index (κ1) is 11.7. The highest BCUT2D eigenvalue weighted by atomic mass is 32.2. The van der Waals surface area contributed by atoms with E-state index in [1.165, 1.54) is 11.8 Å². The molecule has 1 rings (SSSR count). The van der Waals surface area contributed by atoms with E-state index in [1.807, 2.05) is 0 Å². The first-order chi connectivity index (χ1) is 6.40. The van der Waals surface area contributed by atoms with Crippen molar-refractivity contribution in [3.05, 3.63) is 0 Å². The van der Waals surface area contributed by atoms with Gasteiger partial charge in [-0.1, -0.05) is 0 Å². The smallest absolute Gasteiger partial charge is 0.389 e. The molecule has 1 aliphatic rings. The van der Waals surface area contributed by atoms with Crippen LogP contribution in [0.1, 0.15) is 12.8 Å². The SMILES string of the molecule is O=C(O)C1CCSCC1CC(F)(F)F. The van der Waals surface area contributed by atoms with Gasteiger partial charge in [-0.05, 0) is 23.8 Å². The van der Waals surface area contributed by atoms with Crippen molar-refractivity contribution in [3.63, 3.8) is 0 Å². The molecule has 0 bridgehead atoms. The van der Waals surface area contributed by atoms with Crippen molar-refractivity contribution in [2.24, 2.45) is 11.8 Å². The van der Waals surface area contributed by atoms with Crippen molar-refractivity contribution in [2.75, 3.05) is 11.5 Å². The van der Waals surface area contributed by atoms with E-state index < -0.39 is 30.4 Å². The third-order valence-electron chi connectivity index (χ3n) is 2.28. The van der Waals surface area contributed by atoms with Crippen LogP contribution in [-0.2, 0) is 4.79 Å². The second-order valence-electron chi connectivity index (χ2n) is 3.39. The number of halogens is 3. The minimum Gasteiger partial charge on any atom is -0.481 e. The number of rotatable bonds is 2. The van der Waals surface area contributed by atoms with Crippen LogP contribution in [0, 0.1) is 11.8 Å². The standard InChI is InChI=1S/C8H11F3O2S/c9-8(10,11)3-5-4-14-2-1-6(5)7(12)13/h5-6H,1-4H2,(H,12,13). The monoisotopic (exact) mass is 228 g/mol. The van der Waals surface area contributed by atoms with E-state index >= 15 is 0 Å². The van der Waals surface area contributed by atoms with Gasteiger partial charge in [0.1, 0.15) is 0 Å². The van der Waals surface area contributed by atoms with Gasteiger partial charge >= 0.3 is 12.1 Å². The Bertz CT molecular complexity index is 217. The molecule has 2 unspecified atom stereocenters. The normalized spacial score (nSPS) is 28.8. The summed E-state index contributed by atoms with van der Waals surface area (Å²) in [6, 6.07) is 0. The van der Waals surface area contributed by atoms with Crippen molar-refractivity contribution in [1.29, 1.82) is 0 Å². The lowest BCUT2D eigenvalue weighted by Crippen LogP contribution is -2.32. The molecule has 1 heterocycles. The van der Waals surface area contributed by atoms with Gasteiger partial charge in [-0.25, -0.2) is 0 Å². The summed E-state index contributed by atoms with van der Waals surface area (Å²) >= 11 is 1.40. The van der Waals surface area contributed by atoms with Gasteiger partial charge < -0.3 is 5.11 Å². The molecule has 0 aromatic rings. The summed E-state index contributed by atoms with van der Waals surface area (Å²) < 4.78 is 36.2. The van der Waals surface area contributed by atoms with Gasteiger partial charge in [-0.15, -0.1) is 0 Å². The van der Waals surface area contributed by atoms with E-state index in [1.54, 1.807) is 0 Å². The zero-order valence-corrected chi connectivity index (χ0v) is 8.20. The highest BCUT2D eigenvalue weighted by Gasteiger charge is 2.39. The van der Waals surface area contributed by atoms with Gasteiger partial charge in [-0.3, -0.25) is 4.79 Å². The first-order valence-corrected chi connectivity index (χ1v) is 5.43. The predicted molar refractivity (Wildman–Crippen MR) is 47.2 cm³/mol. The van der Waals surface area contributed by atoms with Gasteiger partial charge in [-0.2, -0.15) is 24.9 Å². The van der Waals surface area contributed by atoms with Crippen LogP contribution in [0.15, 0.2) is 0 Å². The lowest BCUT2D eigenvalue weighted by atomic mass is 9.88. The number of thioether (sulfide) groups is 1. The van der Waals surface area contributed by atoms with Crippen molar-refractivity contribution >= 4 is 17.7 Å². The summed E-state index contributed by atoms with van der Waals surface area (Å²) in [5, 5.41) is 8.73. The fraction of sp³-hybridized carbons (Fsp3) is 0.875. The van der Waals surface area contributed by atoms with E-state index in [0.717, 1.165) is 0 Å². The molecule has 0 aliphatic carbocycles. The highest BCUT2D eigenvalue weighted by Crippen LogP contribution is 2.36. The number of aliphatic carboxylic acids is 1. The molecule has 0 radical (unpaired) electrons. The average Bonchev–Trinajstić information content (AvgIpc) is 2.01. The average molecular weight is 228 g/mol. The zero-order chi connectivity index (χ0) is 10.8. The quantitative estimate of drug-likeness (QED) is 0.788. The zero-order valence-electron chi connectivity index (χ0n) is 7.38. The lowest BCUT2D eigenvalue weighted by molar-refractivity contribution is -0.156. The molecule has 0 spiro atoms. The van der Waals surface area contributed by atoms with Gasteiger partial charge in [0.15, 0.2) is 0 Å². The number of carbonyl (C=O) groups is 1. The van der Waals surface area contributed by atoms with E-state index in [0.29, 0.717) is 17.9 Å². The number of carboxylic acid groups (broad SMARTS) is 1. The number of alkyl halides is 3. The van der Waals surface area contributed by atoms with Crippen molar-refractivity contribution in [2.45, 2.75) is 19.0 Å². The molecule has 1 aliphatic heterocycles. The van der Waals surface area contributed by atoms with Gasteiger partial charge in [0, 0.05) is 6.42 Å². The minimum absolute atomic E-state index is 0.302. The van der Waals surface area contributed by atoms with Crippen molar-refractivity contribution in [3.8, 4) is 0 Å². The maximum absolute atomic E-state index is 12.1. The third-order valence-corrected chi connectivity index (χ3v) is 3.47. The Balaban J connectivity index is 2.59. The molecular weight excluding hydrogens is 217 g/mol. The Morgan fingerprint density at radius 2 is 2.14 bits per heavy atom. The molecule has 82 valence electrons. The fourth-order valence-corrected chi connectivity index (χ4v) is 2.86. The molecule has 2 nitrogen and oxygen atoms in total. The van der Waals surface area contributed by atoms with E-state index in [2.05, 4.69) is 0 Å². The molecule has 0 aromatic heterocycles. The second kappa shape index (κ2) is 4.42. The van der Waals surface area contributed by atoms with Crippen LogP contribution in [-0.4, -0.2) is 28.8 Å². The van der Waals surface area contributed by atoms with Gasteiger partial charge in [0.25, 0.3) is 0 Å². The molecule has 2 atom stereocenters. The van der Waals surface area contributed by atoms with Crippen LogP contribution in [0.2, 0.25) is 0 Å². The van der Waals surface area contributed by atoms with Crippen LogP contribution in [0.5, 0.6) is 0 Å². The molecule has 14 heavy (non-hydrogen) atoms. The van der Waals surface area contributed by atoms with E-state index in [4.69, 9.17) is 5.11 Å². The minimum atomic E-state index is -4.25. The number of hydrogen-bond donors (Lipinski definition) is 1. The molecule has 6 heteroatoms. The Labute approximate surface area is 83.9 Å². The molecule has 1 saturated heterocycles. The maximum atomic E-state index is 12.1. The molecule has 0 amide bonds. The Morgan fingerprint density at radius 3 is 2.64 bits per heavy atom. The Kier molecular flexibility index (Phi) is 3.69.